The van der Waals surface area contributed by atoms with Crippen molar-refractivity contribution in [2.24, 2.45) is 0 Å². The Balaban J connectivity index is 1.43. The molecule has 10 nitrogen and oxygen atoms in total. The van der Waals surface area contributed by atoms with Gasteiger partial charge in [0.2, 0.25) is 11.6 Å². The third-order valence-electron chi connectivity index (χ3n) is 5.96. The Morgan fingerprint density at radius 2 is 1.85 bits per heavy atom. The fourth-order valence-corrected chi connectivity index (χ4v) is 4.19. The summed E-state index contributed by atoms with van der Waals surface area (Å²) >= 11 is 0. The number of piperazine rings is 1. The first kappa shape index (κ1) is 23.2. The van der Waals surface area contributed by atoms with E-state index in [1.165, 1.54) is 11.9 Å². The minimum atomic E-state index is -0.388. The van der Waals surface area contributed by atoms with E-state index in [0.717, 1.165) is 18.1 Å². The van der Waals surface area contributed by atoms with Crippen molar-refractivity contribution < 1.29 is 4.92 Å². The van der Waals surface area contributed by atoms with E-state index in [2.05, 4.69) is 62.1 Å². The Morgan fingerprint density at radius 1 is 1.06 bits per heavy atom. The molecule has 0 spiro atoms. The maximum atomic E-state index is 12.0. The lowest BCUT2D eigenvalue weighted by Gasteiger charge is -2.35. The zero-order valence-corrected chi connectivity index (χ0v) is 19.6. The molecule has 1 fully saturated rings. The van der Waals surface area contributed by atoms with Crippen LogP contribution in [-0.4, -0.2) is 65.7 Å². The van der Waals surface area contributed by atoms with Gasteiger partial charge >= 0.3 is 5.69 Å². The van der Waals surface area contributed by atoms with Crippen molar-refractivity contribution in [2.75, 3.05) is 65.8 Å². The summed E-state index contributed by atoms with van der Waals surface area (Å²) in [5.41, 5.74) is 2.25. The van der Waals surface area contributed by atoms with E-state index in [1.807, 2.05) is 29.2 Å². The molecule has 1 saturated heterocycles. The molecule has 0 radical (unpaired) electrons. The van der Waals surface area contributed by atoms with Crippen LogP contribution in [0.3, 0.4) is 0 Å². The van der Waals surface area contributed by atoms with Crippen molar-refractivity contribution >= 4 is 28.8 Å². The lowest BCUT2D eigenvalue weighted by Crippen LogP contribution is -2.47. The van der Waals surface area contributed by atoms with Gasteiger partial charge < -0.3 is 20.0 Å². The maximum absolute atomic E-state index is 12.0. The fourth-order valence-electron chi connectivity index (χ4n) is 4.19. The fraction of sp³-hybridized carbons (Fsp3) is 0.375. The number of aromatic nitrogens is 3. The van der Waals surface area contributed by atoms with Gasteiger partial charge in [-0.15, -0.1) is 0 Å². The molecule has 0 saturated carbocycles. The van der Waals surface area contributed by atoms with Gasteiger partial charge in [0.05, 0.1) is 4.92 Å². The summed E-state index contributed by atoms with van der Waals surface area (Å²) in [6.45, 7) is 8.87. The monoisotopic (exact) mass is 462 g/mol. The number of nitrogens with zero attached hydrogens (tertiary/aromatic N) is 7. The van der Waals surface area contributed by atoms with Gasteiger partial charge in [-0.1, -0.05) is 18.2 Å². The number of rotatable bonds is 9. The smallest absolute Gasteiger partial charge is 0.353 e. The van der Waals surface area contributed by atoms with Crippen molar-refractivity contribution in [2.45, 2.75) is 13.8 Å². The lowest BCUT2D eigenvalue weighted by atomic mass is 10.2. The van der Waals surface area contributed by atoms with E-state index in [9.17, 15) is 10.1 Å². The topological polar surface area (TPSA) is 104 Å². The molecule has 10 heteroatoms. The van der Waals surface area contributed by atoms with Gasteiger partial charge in [0, 0.05) is 57.7 Å². The first-order valence-electron chi connectivity index (χ1n) is 11.5. The lowest BCUT2D eigenvalue weighted by molar-refractivity contribution is -0.383. The molecule has 34 heavy (non-hydrogen) atoms. The number of nitro groups is 1. The maximum Gasteiger partial charge on any atom is 0.353 e. The van der Waals surface area contributed by atoms with E-state index < -0.39 is 0 Å². The summed E-state index contributed by atoms with van der Waals surface area (Å²) in [6, 6.07) is 14.1. The van der Waals surface area contributed by atoms with Crippen LogP contribution in [-0.2, 0) is 0 Å². The highest BCUT2D eigenvalue weighted by Crippen LogP contribution is 2.32. The normalized spacial score (nSPS) is 13.6. The number of likely N-dealkylation sites (N-methyl/N-ethyl adjacent to an activating group) is 1. The van der Waals surface area contributed by atoms with E-state index in [1.54, 1.807) is 6.20 Å². The van der Waals surface area contributed by atoms with E-state index >= 15 is 0 Å². The first-order valence-corrected chi connectivity index (χ1v) is 11.5. The third kappa shape index (κ3) is 5.33. The Hall–Kier alpha value is -3.95. The van der Waals surface area contributed by atoms with Gasteiger partial charge in [-0.3, -0.25) is 10.1 Å². The molecule has 1 aliphatic heterocycles. The summed E-state index contributed by atoms with van der Waals surface area (Å²) < 4.78 is 0. The predicted molar refractivity (Wildman–Crippen MR) is 135 cm³/mol. The van der Waals surface area contributed by atoms with Crippen molar-refractivity contribution in [1.29, 1.82) is 0 Å². The molecule has 1 N–H and O–H groups in total. The van der Waals surface area contributed by atoms with E-state index in [0.29, 0.717) is 45.1 Å². The van der Waals surface area contributed by atoms with Crippen LogP contribution in [0.5, 0.6) is 0 Å². The van der Waals surface area contributed by atoms with Crippen LogP contribution in [0.15, 0.2) is 55.0 Å². The highest BCUT2D eigenvalue weighted by molar-refractivity contribution is 5.70. The molecule has 3 heterocycles. The quantitative estimate of drug-likeness (QED) is 0.379. The van der Waals surface area contributed by atoms with Crippen LogP contribution in [0.1, 0.15) is 12.5 Å². The van der Waals surface area contributed by atoms with Crippen molar-refractivity contribution in [3.63, 3.8) is 0 Å². The highest BCUT2D eigenvalue weighted by Gasteiger charge is 2.29. The minimum absolute atomic E-state index is 0.0765. The van der Waals surface area contributed by atoms with Gasteiger partial charge in [-0.25, -0.2) is 15.0 Å². The Kier molecular flexibility index (Phi) is 7.36. The van der Waals surface area contributed by atoms with Crippen LogP contribution >= 0.6 is 0 Å². The summed E-state index contributed by atoms with van der Waals surface area (Å²) in [7, 11) is 0. The summed E-state index contributed by atoms with van der Waals surface area (Å²) in [4.78, 5) is 30.9. The first-order chi connectivity index (χ1) is 16.6. The zero-order chi connectivity index (χ0) is 23.9. The second kappa shape index (κ2) is 10.8. The molecule has 2 aromatic heterocycles. The Morgan fingerprint density at radius 3 is 2.53 bits per heavy atom. The van der Waals surface area contributed by atoms with E-state index in [-0.39, 0.29) is 16.4 Å². The summed E-state index contributed by atoms with van der Waals surface area (Å²) in [6.07, 6.45) is 3.17. The molecule has 178 valence electrons. The third-order valence-corrected chi connectivity index (χ3v) is 5.96. The number of hydrogen-bond donors (Lipinski definition) is 1. The molecule has 0 atom stereocenters. The molecule has 1 aromatic carbocycles. The van der Waals surface area contributed by atoms with Crippen LogP contribution < -0.4 is 20.0 Å². The Bertz CT molecular complexity index is 1100. The zero-order valence-electron chi connectivity index (χ0n) is 19.6. The molecule has 0 aliphatic carbocycles. The predicted octanol–water partition coefficient (Wildman–Crippen LogP) is 3.35. The number of aryl methyl sites for hydroxylation is 1. The second-order valence-corrected chi connectivity index (χ2v) is 8.16. The van der Waals surface area contributed by atoms with Gasteiger partial charge in [-0.2, -0.15) is 0 Å². The van der Waals surface area contributed by atoms with Gasteiger partial charge in [0.25, 0.3) is 0 Å². The molecule has 0 amide bonds. The summed E-state index contributed by atoms with van der Waals surface area (Å²) in [5, 5.41) is 15.2. The molecule has 0 unspecified atom stereocenters. The van der Waals surface area contributed by atoms with Crippen molar-refractivity contribution in [3.05, 3.63) is 70.7 Å². The minimum Gasteiger partial charge on any atom is -0.370 e. The van der Waals surface area contributed by atoms with Crippen LogP contribution in [0.2, 0.25) is 0 Å². The van der Waals surface area contributed by atoms with Crippen LogP contribution in [0.25, 0.3) is 0 Å². The number of nitrogens with one attached hydrogen (secondary N) is 1. The van der Waals surface area contributed by atoms with Crippen LogP contribution in [0.4, 0.5) is 28.8 Å². The van der Waals surface area contributed by atoms with E-state index in [4.69, 9.17) is 0 Å². The molecule has 0 bridgehead atoms. The average Bonchev–Trinajstić information content (AvgIpc) is 2.87. The van der Waals surface area contributed by atoms with Gasteiger partial charge in [-0.05, 0) is 43.7 Å². The second-order valence-electron chi connectivity index (χ2n) is 8.16. The standard InChI is InChI=1S/C24H30N8O2/c1-3-29(20-8-6-7-19(2)17-20)12-11-26-23-22(32(33)34)24(28-18-27-23)31-15-13-30(14-16-31)21-9-4-5-10-25-21/h4-10,17-18H,3,11-16H2,1-2H3,(H,26,27,28). The van der Waals surface area contributed by atoms with Gasteiger partial charge in [0.1, 0.15) is 12.1 Å². The highest BCUT2D eigenvalue weighted by atomic mass is 16.6. The Labute approximate surface area is 199 Å². The number of pyridine rings is 1. The van der Waals surface area contributed by atoms with Crippen molar-refractivity contribution in [3.8, 4) is 0 Å². The SMILES string of the molecule is CCN(CCNc1ncnc(N2CCN(c3ccccn3)CC2)c1[N+](=O)[O-])c1cccc(C)c1. The largest absolute Gasteiger partial charge is 0.370 e. The molecule has 3 aromatic rings. The number of benzene rings is 1. The number of hydrogen-bond acceptors (Lipinski definition) is 9. The van der Waals surface area contributed by atoms with Crippen molar-refractivity contribution in [1.82, 2.24) is 15.0 Å². The van der Waals surface area contributed by atoms with Gasteiger partial charge in [0.15, 0.2) is 0 Å². The number of anilines is 4. The molecule has 4 rings (SSSR count). The summed E-state index contributed by atoms with van der Waals surface area (Å²) in [5.74, 6) is 1.52. The average molecular weight is 463 g/mol. The molecular weight excluding hydrogens is 432 g/mol. The van der Waals surface area contributed by atoms with Crippen LogP contribution in [0, 0.1) is 17.0 Å². The molecular formula is C24H30N8O2. The molecule has 1 aliphatic rings.